The van der Waals surface area contributed by atoms with E-state index in [2.05, 4.69) is 0 Å². The first-order chi connectivity index (χ1) is 7.17. The summed E-state index contributed by atoms with van der Waals surface area (Å²) in [6, 6.07) is 4.63. The van der Waals surface area contributed by atoms with Crippen LogP contribution in [0.15, 0.2) is 24.3 Å². The predicted molar refractivity (Wildman–Crippen MR) is 53.6 cm³/mol. The largest absolute Gasteiger partial charge is 0.504 e. The fraction of sp³-hybridized carbons (Fsp3) is 0.100. The SMILES string of the molecule is COc1cc(/C=C/C(=O)NO)ccc1O. The Kier molecular flexibility index (Phi) is 3.70. The Morgan fingerprint density at radius 2 is 2.27 bits per heavy atom. The second-order valence-corrected chi connectivity index (χ2v) is 2.74. The average molecular weight is 209 g/mol. The van der Waals surface area contributed by atoms with Crippen LogP contribution in [0.2, 0.25) is 0 Å². The summed E-state index contributed by atoms with van der Waals surface area (Å²) >= 11 is 0. The van der Waals surface area contributed by atoms with Crippen LogP contribution in [0.5, 0.6) is 11.5 Å². The van der Waals surface area contributed by atoms with E-state index in [0.29, 0.717) is 11.3 Å². The summed E-state index contributed by atoms with van der Waals surface area (Å²) in [5, 5.41) is 17.5. The van der Waals surface area contributed by atoms with Gasteiger partial charge in [-0.1, -0.05) is 6.07 Å². The maximum atomic E-state index is 10.7. The van der Waals surface area contributed by atoms with Crippen molar-refractivity contribution in [2.24, 2.45) is 0 Å². The second-order valence-electron chi connectivity index (χ2n) is 2.74. The minimum atomic E-state index is -0.623. The molecule has 0 aromatic heterocycles. The number of hydrogen-bond acceptors (Lipinski definition) is 4. The number of nitrogens with one attached hydrogen (secondary N) is 1. The van der Waals surface area contributed by atoms with Crippen LogP contribution in [-0.2, 0) is 4.79 Å². The Bertz CT molecular complexity index is 387. The smallest absolute Gasteiger partial charge is 0.267 e. The Morgan fingerprint density at radius 1 is 1.53 bits per heavy atom. The van der Waals surface area contributed by atoms with Gasteiger partial charge in [-0.05, 0) is 23.8 Å². The van der Waals surface area contributed by atoms with Gasteiger partial charge in [0.1, 0.15) is 0 Å². The summed E-state index contributed by atoms with van der Waals surface area (Å²) < 4.78 is 4.88. The molecule has 15 heavy (non-hydrogen) atoms. The summed E-state index contributed by atoms with van der Waals surface area (Å²) in [5.74, 6) is -0.273. The first-order valence-electron chi connectivity index (χ1n) is 4.16. The van der Waals surface area contributed by atoms with Crippen molar-refractivity contribution in [3.63, 3.8) is 0 Å². The van der Waals surface area contributed by atoms with Crippen LogP contribution in [0, 0.1) is 0 Å². The molecule has 80 valence electrons. The topological polar surface area (TPSA) is 78.8 Å². The summed E-state index contributed by atoms with van der Waals surface area (Å²) in [4.78, 5) is 10.7. The monoisotopic (exact) mass is 209 g/mol. The molecule has 0 atom stereocenters. The molecule has 5 nitrogen and oxygen atoms in total. The summed E-state index contributed by atoms with van der Waals surface area (Å²) in [6.07, 6.45) is 2.64. The molecule has 0 aliphatic rings. The van der Waals surface area contributed by atoms with Crippen molar-refractivity contribution in [2.75, 3.05) is 7.11 Å². The van der Waals surface area contributed by atoms with E-state index in [-0.39, 0.29) is 5.75 Å². The Morgan fingerprint density at radius 3 is 2.87 bits per heavy atom. The van der Waals surface area contributed by atoms with Crippen molar-refractivity contribution in [3.05, 3.63) is 29.8 Å². The van der Waals surface area contributed by atoms with Gasteiger partial charge in [0.25, 0.3) is 5.91 Å². The van der Waals surface area contributed by atoms with Crippen molar-refractivity contribution >= 4 is 12.0 Å². The number of phenolic OH excluding ortho intramolecular Hbond substituents is 1. The molecule has 1 aromatic rings. The zero-order valence-corrected chi connectivity index (χ0v) is 8.10. The molecule has 0 unspecified atom stereocenters. The van der Waals surface area contributed by atoms with E-state index in [1.807, 2.05) is 0 Å². The van der Waals surface area contributed by atoms with Gasteiger partial charge in [-0.2, -0.15) is 0 Å². The van der Waals surface area contributed by atoms with Crippen molar-refractivity contribution in [1.82, 2.24) is 5.48 Å². The lowest BCUT2D eigenvalue weighted by molar-refractivity contribution is -0.124. The number of carbonyl (C=O) groups is 1. The highest BCUT2D eigenvalue weighted by atomic mass is 16.5. The molecule has 0 saturated carbocycles. The quantitative estimate of drug-likeness (QED) is 0.393. The van der Waals surface area contributed by atoms with Crippen LogP contribution in [0.3, 0.4) is 0 Å². The minimum absolute atomic E-state index is 0.0289. The number of carbonyl (C=O) groups excluding carboxylic acids is 1. The maximum absolute atomic E-state index is 10.7. The molecule has 0 spiro atoms. The average Bonchev–Trinajstić information content (AvgIpc) is 2.27. The van der Waals surface area contributed by atoms with Gasteiger partial charge >= 0.3 is 0 Å². The number of amides is 1. The lowest BCUT2D eigenvalue weighted by Crippen LogP contribution is -2.14. The lowest BCUT2D eigenvalue weighted by atomic mass is 10.2. The van der Waals surface area contributed by atoms with E-state index < -0.39 is 5.91 Å². The van der Waals surface area contributed by atoms with Gasteiger partial charge in [0.15, 0.2) is 11.5 Å². The predicted octanol–water partition coefficient (Wildman–Crippen LogP) is 0.919. The molecule has 0 saturated heterocycles. The first-order valence-corrected chi connectivity index (χ1v) is 4.16. The van der Waals surface area contributed by atoms with Crippen LogP contribution < -0.4 is 10.2 Å². The molecule has 1 rings (SSSR count). The number of benzene rings is 1. The highest BCUT2D eigenvalue weighted by molar-refractivity contribution is 5.90. The molecule has 1 aromatic carbocycles. The number of aromatic hydroxyl groups is 1. The van der Waals surface area contributed by atoms with Crippen molar-refractivity contribution < 1.29 is 19.8 Å². The molecule has 0 fully saturated rings. The van der Waals surface area contributed by atoms with Gasteiger partial charge in [-0.3, -0.25) is 10.0 Å². The van der Waals surface area contributed by atoms with Crippen molar-refractivity contribution in [1.29, 1.82) is 0 Å². The molecule has 0 aliphatic heterocycles. The van der Waals surface area contributed by atoms with Crippen LogP contribution in [0.4, 0.5) is 0 Å². The maximum Gasteiger partial charge on any atom is 0.267 e. The summed E-state index contributed by atoms with van der Waals surface area (Å²) in [6.45, 7) is 0. The van der Waals surface area contributed by atoms with Gasteiger partial charge in [-0.25, -0.2) is 5.48 Å². The number of hydrogen-bond donors (Lipinski definition) is 3. The molecular formula is C10H11NO4. The molecular weight excluding hydrogens is 198 g/mol. The Balaban J connectivity index is 2.87. The molecule has 0 radical (unpaired) electrons. The van der Waals surface area contributed by atoms with Gasteiger partial charge in [0, 0.05) is 6.08 Å². The van der Waals surface area contributed by atoms with Gasteiger partial charge in [0.05, 0.1) is 7.11 Å². The summed E-state index contributed by atoms with van der Waals surface area (Å²) in [7, 11) is 1.43. The number of ether oxygens (including phenoxy) is 1. The van der Waals surface area contributed by atoms with E-state index in [4.69, 9.17) is 9.94 Å². The number of phenols is 1. The molecule has 3 N–H and O–H groups in total. The fourth-order valence-corrected chi connectivity index (χ4v) is 1.01. The lowest BCUT2D eigenvalue weighted by Gasteiger charge is -2.03. The molecule has 0 aliphatic carbocycles. The normalized spacial score (nSPS) is 10.3. The van der Waals surface area contributed by atoms with Crippen molar-refractivity contribution in [3.8, 4) is 11.5 Å². The van der Waals surface area contributed by atoms with E-state index in [1.165, 1.54) is 24.7 Å². The highest BCUT2D eigenvalue weighted by Gasteiger charge is 2.00. The van der Waals surface area contributed by atoms with Crippen LogP contribution >= 0.6 is 0 Å². The van der Waals surface area contributed by atoms with Crippen LogP contribution in [0.1, 0.15) is 5.56 Å². The van der Waals surface area contributed by atoms with Gasteiger partial charge in [-0.15, -0.1) is 0 Å². The Labute approximate surface area is 86.6 Å². The van der Waals surface area contributed by atoms with E-state index in [0.717, 1.165) is 6.08 Å². The van der Waals surface area contributed by atoms with E-state index in [9.17, 15) is 9.90 Å². The van der Waals surface area contributed by atoms with Crippen LogP contribution in [0.25, 0.3) is 6.08 Å². The third kappa shape index (κ3) is 2.99. The van der Waals surface area contributed by atoms with E-state index in [1.54, 1.807) is 12.1 Å². The number of methoxy groups -OCH3 is 1. The minimum Gasteiger partial charge on any atom is -0.504 e. The second kappa shape index (κ2) is 5.02. The first kappa shape index (κ1) is 11.1. The standard InChI is InChI=1S/C10H11NO4/c1-15-9-6-7(2-4-8(9)12)3-5-10(13)11-14/h2-6,12,14H,1H3,(H,11,13)/b5-3+. The molecule has 0 heterocycles. The van der Waals surface area contributed by atoms with E-state index >= 15 is 0 Å². The number of rotatable bonds is 3. The molecule has 5 heteroatoms. The van der Waals surface area contributed by atoms with Crippen molar-refractivity contribution in [2.45, 2.75) is 0 Å². The molecule has 0 bridgehead atoms. The summed E-state index contributed by atoms with van der Waals surface area (Å²) in [5.41, 5.74) is 2.14. The number of hydroxylamine groups is 1. The third-order valence-electron chi connectivity index (χ3n) is 1.74. The van der Waals surface area contributed by atoms with Gasteiger partial charge < -0.3 is 9.84 Å². The Hall–Kier alpha value is -2.01. The zero-order valence-electron chi connectivity index (χ0n) is 8.10. The highest BCUT2D eigenvalue weighted by Crippen LogP contribution is 2.26. The van der Waals surface area contributed by atoms with Crippen LogP contribution in [-0.4, -0.2) is 23.3 Å². The third-order valence-corrected chi connectivity index (χ3v) is 1.74. The zero-order chi connectivity index (χ0) is 11.3. The molecule has 1 amide bonds. The fourth-order valence-electron chi connectivity index (χ4n) is 1.01. The van der Waals surface area contributed by atoms with Gasteiger partial charge in [0.2, 0.25) is 0 Å².